The van der Waals surface area contributed by atoms with Gasteiger partial charge >= 0.3 is 5.97 Å². The molecule has 2 aromatic heterocycles. The van der Waals surface area contributed by atoms with Gasteiger partial charge in [-0.05, 0) is 17.7 Å². The van der Waals surface area contributed by atoms with Crippen LogP contribution in [-0.4, -0.2) is 38.6 Å². The highest BCUT2D eigenvalue weighted by molar-refractivity contribution is 5.92. The SMILES string of the molecule is COC(=O)c1c[nH]c(=O)c(C(CC(N)=O)c2ccc(OCc3nccn3C)cc2)c1O. The molecule has 0 fully saturated rings. The number of esters is 1. The van der Waals surface area contributed by atoms with Gasteiger partial charge in [-0.25, -0.2) is 9.78 Å². The average molecular weight is 426 g/mol. The van der Waals surface area contributed by atoms with Crippen molar-refractivity contribution in [3.8, 4) is 11.5 Å². The summed E-state index contributed by atoms with van der Waals surface area (Å²) in [5.41, 5.74) is 4.90. The number of aromatic amines is 1. The maximum absolute atomic E-state index is 12.5. The van der Waals surface area contributed by atoms with E-state index in [-0.39, 0.29) is 24.2 Å². The summed E-state index contributed by atoms with van der Waals surface area (Å²) in [6.45, 7) is 0.259. The van der Waals surface area contributed by atoms with Crippen molar-refractivity contribution in [1.82, 2.24) is 14.5 Å². The van der Waals surface area contributed by atoms with E-state index in [1.165, 1.54) is 0 Å². The first-order chi connectivity index (χ1) is 14.8. The van der Waals surface area contributed by atoms with Crippen LogP contribution in [0.2, 0.25) is 0 Å². The normalized spacial score (nSPS) is 11.7. The molecule has 1 aromatic carbocycles. The third-order valence-corrected chi connectivity index (χ3v) is 4.83. The van der Waals surface area contributed by atoms with Crippen LogP contribution in [0.15, 0.2) is 47.7 Å². The zero-order valence-electron chi connectivity index (χ0n) is 17.0. The second-order valence-electron chi connectivity index (χ2n) is 6.82. The van der Waals surface area contributed by atoms with Gasteiger partial charge in [0.15, 0.2) is 0 Å². The summed E-state index contributed by atoms with van der Waals surface area (Å²) in [5.74, 6) is -1.66. The van der Waals surface area contributed by atoms with Gasteiger partial charge in [0.05, 0.1) is 12.7 Å². The van der Waals surface area contributed by atoms with Crippen LogP contribution < -0.4 is 16.0 Å². The number of primary amides is 1. The number of ether oxygens (including phenoxy) is 2. The van der Waals surface area contributed by atoms with E-state index in [1.54, 1.807) is 30.5 Å². The summed E-state index contributed by atoms with van der Waals surface area (Å²) < 4.78 is 12.2. The van der Waals surface area contributed by atoms with Gasteiger partial charge in [-0.15, -0.1) is 0 Å². The molecule has 1 atom stereocenters. The monoisotopic (exact) mass is 426 g/mol. The van der Waals surface area contributed by atoms with Crippen LogP contribution >= 0.6 is 0 Å². The topological polar surface area (TPSA) is 150 Å². The van der Waals surface area contributed by atoms with Crippen molar-refractivity contribution >= 4 is 11.9 Å². The van der Waals surface area contributed by atoms with Crippen molar-refractivity contribution in [3.05, 3.63) is 75.7 Å². The second-order valence-corrected chi connectivity index (χ2v) is 6.82. The number of amides is 1. The Hall–Kier alpha value is -4.08. The number of aryl methyl sites for hydroxylation is 1. The lowest BCUT2D eigenvalue weighted by Crippen LogP contribution is -2.23. The number of carbonyl (C=O) groups excluding carboxylic acids is 2. The lowest BCUT2D eigenvalue weighted by atomic mass is 9.87. The maximum Gasteiger partial charge on any atom is 0.343 e. The molecule has 1 amide bonds. The maximum atomic E-state index is 12.5. The van der Waals surface area contributed by atoms with E-state index in [4.69, 9.17) is 10.5 Å². The van der Waals surface area contributed by atoms with Crippen molar-refractivity contribution in [2.75, 3.05) is 7.11 Å². The summed E-state index contributed by atoms with van der Waals surface area (Å²) in [7, 11) is 3.01. The summed E-state index contributed by atoms with van der Waals surface area (Å²) in [6, 6.07) is 6.65. The largest absolute Gasteiger partial charge is 0.506 e. The first-order valence-corrected chi connectivity index (χ1v) is 9.32. The number of nitrogens with two attached hydrogens (primary N) is 1. The Labute approximate surface area is 177 Å². The van der Waals surface area contributed by atoms with Gasteiger partial charge in [-0.2, -0.15) is 0 Å². The highest BCUT2D eigenvalue weighted by atomic mass is 16.5. The first kappa shape index (κ1) is 21.6. The lowest BCUT2D eigenvalue weighted by molar-refractivity contribution is -0.118. The van der Waals surface area contributed by atoms with Crippen LogP contribution in [0.25, 0.3) is 0 Å². The van der Waals surface area contributed by atoms with Gasteiger partial charge in [0, 0.05) is 38.0 Å². The van der Waals surface area contributed by atoms with Crippen LogP contribution in [0.3, 0.4) is 0 Å². The third-order valence-electron chi connectivity index (χ3n) is 4.83. The average Bonchev–Trinajstić information content (AvgIpc) is 3.16. The van der Waals surface area contributed by atoms with Crippen molar-refractivity contribution in [2.24, 2.45) is 12.8 Å². The number of benzene rings is 1. The van der Waals surface area contributed by atoms with Crippen LogP contribution in [-0.2, 0) is 23.2 Å². The molecule has 0 saturated carbocycles. The number of pyridine rings is 1. The fraction of sp³-hybridized carbons (Fsp3) is 0.238. The van der Waals surface area contributed by atoms with Crippen molar-refractivity contribution in [2.45, 2.75) is 18.9 Å². The zero-order valence-corrected chi connectivity index (χ0v) is 17.0. The molecule has 0 spiro atoms. The number of hydrogen-bond acceptors (Lipinski definition) is 7. The minimum Gasteiger partial charge on any atom is -0.506 e. The Morgan fingerprint density at radius 2 is 2.00 bits per heavy atom. The molecule has 162 valence electrons. The Bertz CT molecular complexity index is 1150. The lowest BCUT2D eigenvalue weighted by Gasteiger charge is -2.18. The number of aromatic hydroxyl groups is 1. The number of nitrogens with one attached hydrogen (secondary N) is 1. The van der Waals surface area contributed by atoms with E-state index in [9.17, 15) is 19.5 Å². The summed E-state index contributed by atoms with van der Waals surface area (Å²) >= 11 is 0. The molecule has 0 radical (unpaired) electrons. The number of rotatable bonds is 8. The highest BCUT2D eigenvalue weighted by Crippen LogP contribution is 2.34. The van der Waals surface area contributed by atoms with Crippen molar-refractivity contribution < 1.29 is 24.2 Å². The van der Waals surface area contributed by atoms with E-state index >= 15 is 0 Å². The van der Waals surface area contributed by atoms with Crippen molar-refractivity contribution in [1.29, 1.82) is 0 Å². The molecule has 0 aliphatic rings. The predicted molar refractivity (Wildman–Crippen MR) is 110 cm³/mol. The van der Waals surface area contributed by atoms with Crippen molar-refractivity contribution in [3.63, 3.8) is 0 Å². The molecular formula is C21H22N4O6. The van der Waals surface area contributed by atoms with Gasteiger partial charge < -0.3 is 29.9 Å². The third kappa shape index (κ3) is 4.74. The molecule has 4 N–H and O–H groups in total. The molecule has 3 aromatic rings. The fourth-order valence-electron chi connectivity index (χ4n) is 3.19. The summed E-state index contributed by atoms with van der Waals surface area (Å²) in [6.07, 6.45) is 4.28. The molecule has 10 heteroatoms. The fourth-order valence-corrected chi connectivity index (χ4v) is 3.19. The quantitative estimate of drug-likeness (QED) is 0.458. The van der Waals surface area contributed by atoms with E-state index in [1.807, 2.05) is 17.8 Å². The smallest absolute Gasteiger partial charge is 0.343 e. The zero-order chi connectivity index (χ0) is 22.5. The molecule has 0 aliphatic heterocycles. The van der Waals surface area contributed by atoms with Gasteiger partial charge in [0.25, 0.3) is 5.56 Å². The number of aromatic nitrogens is 3. The predicted octanol–water partition coefficient (Wildman–Crippen LogP) is 1.19. The Kier molecular flexibility index (Phi) is 6.39. The molecule has 3 rings (SSSR count). The van der Waals surface area contributed by atoms with Gasteiger partial charge in [-0.3, -0.25) is 9.59 Å². The molecule has 0 saturated heterocycles. The molecule has 2 heterocycles. The first-order valence-electron chi connectivity index (χ1n) is 9.32. The molecule has 10 nitrogen and oxygen atoms in total. The minimum absolute atomic E-state index is 0.150. The molecular weight excluding hydrogens is 404 g/mol. The van der Waals surface area contributed by atoms with Gasteiger partial charge in [-0.1, -0.05) is 12.1 Å². The molecule has 0 bridgehead atoms. The van der Waals surface area contributed by atoms with Crippen LogP contribution in [0, 0.1) is 0 Å². The number of hydrogen-bond donors (Lipinski definition) is 3. The summed E-state index contributed by atoms with van der Waals surface area (Å²) in [4.78, 5) is 42.6. The standard InChI is InChI=1S/C21H22N4O6/c1-25-8-7-23-17(25)11-31-13-5-3-12(4-6-13)14(9-16(22)26)18-19(27)15(21(29)30-2)10-24-20(18)28/h3-8,10,14H,9,11H2,1-2H3,(H2,22,26)(H2,24,27,28). The van der Waals surface area contributed by atoms with Crippen LogP contribution in [0.1, 0.15) is 39.6 Å². The van der Waals surface area contributed by atoms with E-state index in [2.05, 4.69) is 14.7 Å². The number of nitrogens with zero attached hydrogens (tertiary/aromatic N) is 2. The van der Waals surface area contributed by atoms with Crippen LogP contribution in [0.4, 0.5) is 0 Å². The van der Waals surface area contributed by atoms with E-state index < -0.39 is 29.1 Å². The molecule has 1 unspecified atom stereocenters. The highest BCUT2D eigenvalue weighted by Gasteiger charge is 2.27. The van der Waals surface area contributed by atoms with Gasteiger partial charge in [0.1, 0.15) is 29.5 Å². The second kappa shape index (κ2) is 9.16. The molecule has 0 aliphatic carbocycles. The van der Waals surface area contributed by atoms with E-state index in [0.29, 0.717) is 11.3 Å². The minimum atomic E-state index is -0.880. The number of carbonyl (C=O) groups is 2. The van der Waals surface area contributed by atoms with Crippen LogP contribution in [0.5, 0.6) is 11.5 Å². The Morgan fingerprint density at radius 3 is 2.58 bits per heavy atom. The Balaban J connectivity index is 1.93. The van der Waals surface area contributed by atoms with Gasteiger partial charge in [0.2, 0.25) is 5.91 Å². The number of H-pyrrole nitrogens is 1. The number of methoxy groups -OCH3 is 1. The summed E-state index contributed by atoms with van der Waals surface area (Å²) in [5, 5.41) is 10.6. The van der Waals surface area contributed by atoms with E-state index in [0.717, 1.165) is 19.1 Å². The molecule has 31 heavy (non-hydrogen) atoms. The Morgan fingerprint density at radius 1 is 1.29 bits per heavy atom. The number of imidazole rings is 1.